The van der Waals surface area contributed by atoms with E-state index >= 15 is 0 Å². The topological polar surface area (TPSA) is 78.5 Å². The first kappa shape index (κ1) is 16.8. The van der Waals surface area contributed by atoms with Crippen LogP contribution >= 0.6 is 11.6 Å². The first-order valence-electron chi connectivity index (χ1n) is 6.90. The fraction of sp³-hybridized carbons (Fsp3) is 0.176. The molecule has 0 bridgehead atoms. The minimum atomic E-state index is -1.35. The van der Waals surface area contributed by atoms with Crippen molar-refractivity contribution in [1.82, 2.24) is 5.32 Å². The quantitative estimate of drug-likeness (QED) is 0.868. The molecule has 0 aliphatic rings. The summed E-state index contributed by atoms with van der Waals surface area (Å²) in [6.45, 7) is 0. The molecule has 0 fully saturated rings. The Labute approximate surface area is 138 Å². The average molecular weight is 333 g/mol. The number of hydrogen-bond donors (Lipinski definition) is 1. The van der Waals surface area contributed by atoms with Crippen molar-refractivity contribution >= 4 is 23.5 Å². The van der Waals surface area contributed by atoms with Crippen LogP contribution in [-0.2, 0) is 11.2 Å². The Bertz CT molecular complexity index is 683. The van der Waals surface area contributed by atoms with E-state index in [2.05, 4.69) is 5.32 Å². The number of ether oxygens (including phenoxy) is 1. The summed E-state index contributed by atoms with van der Waals surface area (Å²) in [5.41, 5.74) is 1.08. The van der Waals surface area contributed by atoms with Gasteiger partial charge in [0, 0.05) is 10.6 Å². The molecule has 1 atom stereocenters. The molecular formula is C17H15ClNO4-. The molecule has 1 N–H and O–H groups in total. The number of amides is 1. The van der Waals surface area contributed by atoms with E-state index in [-0.39, 0.29) is 6.42 Å². The molecule has 23 heavy (non-hydrogen) atoms. The number of carbonyl (C=O) groups excluding carboxylic acids is 2. The van der Waals surface area contributed by atoms with Gasteiger partial charge in [0.05, 0.1) is 19.1 Å². The molecule has 5 nitrogen and oxygen atoms in total. The standard InChI is InChI=1S/C17H16ClNO4/c1-23-14-8-4-12(5-9-14)16(20)19-15(17(21)22)10-11-2-6-13(18)7-3-11/h2-9,15H,10H2,1H3,(H,19,20)(H,21,22)/p-1. The van der Waals surface area contributed by atoms with E-state index in [4.69, 9.17) is 16.3 Å². The highest BCUT2D eigenvalue weighted by atomic mass is 35.5. The molecular weight excluding hydrogens is 318 g/mol. The van der Waals surface area contributed by atoms with Crippen LogP contribution < -0.4 is 15.2 Å². The fourth-order valence-electron chi connectivity index (χ4n) is 2.03. The maximum Gasteiger partial charge on any atom is 0.251 e. The maximum atomic E-state index is 12.1. The molecule has 0 saturated heterocycles. The van der Waals surface area contributed by atoms with Gasteiger partial charge in [-0.2, -0.15) is 0 Å². The molecule has 2 aromatic carbocycles. The van der Waals surface area contributed by atoms with Crippen molar-refractivity contribution in [2.75, 3.05) is 7.11 Å². The summed E-state index contributed by atoms with van der Waals surface area (Å²) in [6.07, 6.45) is 0.112. The SMILES string of the molecule is COc1ccc(C(=O)NC(Cc2ccc(Cl)cc2)C(=O)[O-])cc1. The molecule has 1 unspecified atom stereocenters. The second-order valence-corrected chi connectivity index (χ2v) is 5.34. The number of carboxylic acids is 1. The first-order chi connectivity index (χ1) is 11.0. The molecule has 0 aliphatic heterocycles. The van der Waals surface area contributed by atoms with E-state index in [9.17, 15) is 14.7 Å². The molecule has 0 aliphatic carbocycles. The summed E-state index contributed by atoms with van der Waals surface area (Å²) >= 11 is 5.79. The zero-order valence-electron chi connectivity index (χ0n) is 12.4. The molecule has 0 aromatic heterocycles. The van der Waals surface area contributed by atoms with Crippen LogP contribution in [0.2, 0.25) is 5.02 Å². The van der Waals surface area contributed by atoms with Crippen molar-refractivity contribution in [2.45, 2.75) is 12.5 Å². The van der Waals surface area contributed by atoms with E-state index in [1.54, 1.807) is 48.5 Å². The minimum Gasteiger partial charge on any atom is -0.548 e. The van der Waals surface area contributed by atoms with Gasteiger partial charge in [-0.15, -0.1) is 0 Å². The lowest BCUT2D eigenvalue weighted by Gasteiger charge is -2.20. The Morgan fingerprint density at radius 2 is 1.74 bits per heavy atom. The molecule has 0 heterocycles. The molecule has 0 spiro atoms. The van der Waals surface area contributed by atoms with Gasteiger partial charge in [-0.05, 0) is 48.4 Å². The van der Waals surface area contributed by atoms with Crippen LogP contribution in [0.5, 0.6) is 5.75 Å². The first-order valence-corrected chi connectivity index (χ1v) is 7.27. The van der Waals surface area contributed by atoms with Gasteiger partial charge in [0.1, 0.15) is 5.75 Å². The van der Waals surface area contributed by atoms with Gasteiger partial charge in [0.15, 0.2) is 0 Å². The lowest BCUT2D eigenvalue weighted by molar-refractivity contribution is -0.308. The lowest BCUT2D eigenvalue weighted by Crippen LogP contribution is -2.49. The number of halogens is 1. The second-order valence-electron chi connectivity index (χ2n) is 4.90. The summed E-state index contributed by atoms with van der Waals surface area (Å²) in [4.78, 5) is 23.4. The van der Waals surface area contributed by atoms with E-state index < -0.39 is 17.9 Å². The van der Waals surface area contributed by atoms with Crippen molar-refractivity contribution in [2.24, 2.45) is 0 Å². The number of nitrogens with one attached hydrogen (secondary N) is 1. The van der Waals surface area contributed by atoms with Crippen LogP contribution in [0.25, 0.3) is 0 Å². The molecule has 0 saturated carbocycles. The molecule has 2 aromatic rings. The predicted molar refractivity (Wildman–Crippen MR) is 84.4 cm³/mol. The van der Waals surface area contributed by atoms with Gasteiger partial charge < -0.3 is 20.0 Å². The summed E-state index contributed by atoms with van der Waals surface area (Å²) in [5.74, 6) is -1.23. The number of hydrogen-bond acceptors (Lipinski definition) is 4. The van der Waals surface area contributed by atoms with Gasteiger partial charge in [0.25, 0.3) is 5.91 Å². The van der Waals surface area contributed by atoms with E-state index in [0.717, 1.165) is 5.56 Å². The van der Waals surface area contributed by atoms with Gasteiger partial charge >= 0.3 is 0 Å². The second kappa shape index (κ2) is 7.65. The van der Waals surface area contributed by atoms with Crippen LogP contribution in [0.1, 0.15) is 15.9 Å². The number of aliphatic carboxylic acids is 1. The van der Waals surface area contributed by atoms with Crippen LogP contribution in [0.15, 0.2) is 48.5 Å². The molecule has 120 valence electrons. The molecule has 2 rings (SSSR count). The van der Waals surface area contributed by atoms with E-state index in [1.807, 2.05) is 0 Å². The minimum absolute atomic E-state index is 0.112. The Kier molecular flexibility index (Phi) is 5.60. The summed E-state index contributed by atoms with van der Waals surface area (Å²) < 4.78 is 5.01. The Hall–Kier alpha value is -2.53. The Morgan fingerprint density at radius 3 is 2.26 bits per heavy atom. The third-order valence-corrected chi connectivity index (χ3v) is 3.55. The van der Waals surface area contributed by atoms with Gasteiger partial charge in [-0.25, -0.2) is 0 Å². The van der Waals surface area contributed by atoms with E-state index in [1.165, 1.54) is 7.11 Å². The van der Waals surface area contributed by atoms with Crippen LogP contribution in [0.3, 0.4) is 0 Å². The highest BCUT2D eigenvalue weighted by molar-refractivity contribution is 6.30. The number of methoxy groups -OCH3 is 1. The number of carboxylic acid groups (broad SMARTS) is 1. The third-order valence-electron chi connectivity index (χ3n) is 3.30. The van der Waals surface area contributed by atoms with Crippen molar-refractivity contribution < 1.29 is 19.4 Å². The van der Waals surface area contributed by atoms with Crippen molar-refractivity contribution in [3.8, 4) is 5.75 Å². The monoisotopic (exact) mass is 332 g/mol. The summed E-state index contributed by atoms with van der Waals surface area (Å²) in [5, 5.41) is 14.3. The molecule has 1 amide bonds. The predicted octanol–water partition coefficient (Wildman–Crippen LogP) is 1.44. The zero-order valence-corrected chi connectivity index (χ0v) is 13.2. The van der Waals surface area contributed by atoms with Crippen LogP contribution in [0.4, 0.5) is 0 Å². The van der Waals surface area contributed by atoms with Crippen molar-refractivity contribution in [3.63, 3.8) is 0 Å². The van der Waals surface area contributed by atoms with Gasteiger partial charge in [0.2, 0.25) is 0 Å². The third kappa shape index (κ3) is 4.72. The van der Waals surface area contributed by atoms with Crippen LogP contribution in [-0.4, -0.2) is 25.0 Å². The van der Waals surface area contributed by atoms with E-state index in [0.29, 0.717) is 16.3 Å². The maximum absolute atomic E-state index is 12.1. The van der Waals surface area contributed by atoms with Gasteiger partial charge in [-0.1, -0.05) is 23.7 Å². The largest absolute Gasteiger partial charge is 0.548 e. The highest BCUT2D eigenvalue weighted by Gasteiger charge is 2.15. The highest BCUT2D eigenvalue weighted by Crippen LogP contribution is 2.13. The summed E-state index contributed by atoms with van der Waals surface area (Å²) in [6, 6.07) is 12.0. The van der Waals surface area contributed by atoms with Gasteiger partial charge in [-0.3, -0.25) is 4.79 Å². The zero-order chi connectivity index (χ0) is 16.8. The lowest BCUT2D eigenvalue weighted by atomic mass is 10.1. The summed E-state index contributed by atoms with van der Waals surface area (Å²) in [7, 11) is 1.52. The Balaban J connectivity index is 2.07. The smallest absolute Gasteiger partial charge is 0.251 e. The van der Waals surface area contributed by atoms with Crippen molar-refractivity contribution in [1.29, 1.82) is 0 Å². The molecule has 0 radical (unpaired) electrons. The van der Waals surface area contributed by atoms with Crippen LogP contribution in [0, 0.1) is 0 Å². The fourth-order valence-corrected chi connectivity index (χ4v) is 2.16. The number of benzene rings is 2. The Morgan fingerprint density at radius 1 is 1.13 bits per heavy atom. The number of carbonyl (C=O) groups is 2. The average Bonchev–Trinajstić information content (AvgIpc) is 2.56. The molecule has 6 heteroatoms. The van der Waals surface area contributed by atoms with Crippen molar-refractivity contribution in [3.05, 3.63) is 64.7 Å². The number of rotatable bonds is 6. The normalized spacial score (nSPS) is 11.6.